The fourth-order valence-electron chi connectivity index (χ4n) is 2.21. The van der Waals surface area contributed by atoms with Gasteiger partial charge in [-0.2, -0.15) is 0 Å². The first-order valence-electron chi connectivity index (χ1n) is 6.27. The third-order valence-electron chi connectivity index (χ3n) is 3.09. The Hall–Kier alpha value is -0.0400. The largest absolute Gasteiger partial charge is 0.375 e. The Morgan fingerprint density at radius 2 is 1.86 bits per heavy atom. The molecule has 0 saturated heterocycles. The summed E-state index contributed by atoms with van der Waals surface area (Å²) in [6.07, 6.45) is 12.5. The maximum absolute atomic E-state index is 6.05. The van der Waals surface area contributed by atoms with Crippen molar-refractivity contribution in [3.05, 3.63) is 6.92 Å². The van der Waals surface area contributed by atoms with Gasteiger partial charge in [-0.3, -0.25) is 0 Å². The van der Waals surface area contributed by atoms with Crippen molar-refractivity contribution in [3.8, 4) is 0 Å². The van der Waals surface area contributed by atoms with Gasteiger partial charge in [-0.25, -0.2) is 0 Å². The average molecular weight is 197 g/mol. The third-order valence-corrected chi connectivity index (χ3v) is 3.09. The van der Waals surface area contributed by atoms with Crippen molar-refractivity contribution in [2.45, 2.75) is 76.9 Å². The van der Waals surface area contributed by atoms with E-state index in [4.69, 9.17) is 4.74 Å². The van der Waals surface area contributed by atoms with E-state index in [-0.39, 0.29) is 0 Å². The molecule has 0 aliphatic heterocycles. The van der Waals surface area contributed by atoms with E-state index in [0.29, 0.717) is 12.2 Å². The highest BCUT2D eigenvalue weighted by molar-refractivity contribution is 4.66. The van der Waals surface area contributed by atoms with Crippen LogP contribution in [0.15, 0.2) is 0 Å². The molecule has 14 heavy (non-hydrogen) atoms. The summed E-state index contributed by atoms with van der Waals surface area (Å²) in [5.41, 5.74) is 0. The molecule has 1 fully saturated rings. The smallest absolute Gasteiger partial charge is 0.0578 e. The molecule has 0 aromatic rings. The van der Waals surface area contributed by atoms with Crippen molar-refractivity contribution in [3.63, 3.8) is 0 Å². The lowest BCUT2D eigenvalue weighted by atomic mass is 10.1. The molecule has 1 rings (SSSR count). The van der Waals surface area contributed by atoms with Crippen LogP contribution in [-0.2, 0) is 4.74 Å². The summed E-state index contributed by atoms with van der Waals surface area (Å²) in [5.74, 6) is 0. The van der Waals surface area contributed by atoms with E-state index < -0.39 is 0 Å². The molecule has 0 N–H and O–H groups in total. The predicted octanol–water partition coefficient (Wildman–Crippen LogP) is 4.12. The zero-order valence-corrected chi connectivity index (χ0v) is 9.63. The molecule has 1 heteroatoms. The van der Waals surface area contributed by atoms with Crippen LogP contribution in [0.3, 0.4) is 0 Å². The Bertz CT molecular complexity index is 125. The maximum Gasteiger partial charge on any atom is 0.0578 e. The van der Waals surface area contributed by atoms with Gasteiger partial charge in [-0.05, 0) is 26.2 Å². The second-order valence-electron chi connectivity index (χ2n) is 4.56. The molecule has 1 unspecified atom stereocenters. The minimum absolute atomic E-state index is 0.444. The van der Waals surface area contributed by atoms with Crippen LogP contribution in [0, 0.1) is 6.92 Å². The van der Waals surface area contributed by atoms with E-state index in [9.17, 15) is 0 Å². The molecule has 0 spiro atoms. The Morgan fingerprint density at radius 3 is 2.43 bits per heavy atom. The van der Waals surface area contributed by atoms with Gasteiger partial charge in [-0.15, -0.1) is 0 Å². The zero-order chi connectivity index (χ0) is 10.2. The number of hydrogen-bond donors (Lipinski definition) is 0. The van der Waals surface area contributed by atoms with Crippen LogP contribution in [0.1, 0.15) is 64.7 Å². The molecule has 0 aromatic carbocycles. The summed E-state index contributed by atoms with van der Waals surface area (Å²) in [7, 11) is 0. The van der Waals surface area contributed by atoms with E-state index in [1.54, 1.807) is 0 Å². The van der Waals surface area contributed by atoms with Gasteiger partial charge in [0.25, 0.3) is 0 Å². The van der Waals surface area contributed by atoms with Gasteiger partial charge in [0.1, 0.15) is 0 Å². The Morgan fingerprint density at radius 1 is 1.21 bits per heavy atom. The van der Waals surface area contributed by atoms with Crippen LogP contribution >= 0.6 is 0 Å². The molecule has 1 saturated carbocycles. The van der Waals surface area contributed by atoms with Crippen molar-refractivity contribution < 1.29 is 4.74 Å². The summed E-state index contributed by atoms with van der Waals surface area (Å²) in [4.78, 5) is 0. The molecule has 0 aromatic heterocycles. The topological polar surface area (TPSA) is 9.23 Å². The van der Waals surface area contributed by atoms with Crippen molar-refractivity contribution in [1.82, 2.24) is 0 Å². The summed E-state index contributed by atoms with van der Waals surface area (Å²) < 4.78 is 6.05. The molecule has 0 bridgehead atoms. The molecule has 83 valence electrons. The molecule has 1 radical (unpaired) electrons. The summed E-state index contributed by atoms with van der Waals surface area (Å²) in [6, 6.07) is 0. The maximum atomic E-state index is 6.05. The van der Waals surface area contributed by atoms with Gasteiger partial charge in [-0.1, -0.05) is 45.4 Å². The van der Waals surface area contributed by atoms with Crippen LogP contribution in [0.2, 0.25) is 0 Å². The predicted molar refractivity (Wildman–Crippen MR) is 61.2 cm³/mol. The molecule has 1 aliphatic rings. The third kappa shape index (κ3) is 4.99. The van der Waals surface area contributed by atoms with Gasteiger partial charge in [0.2, 0.25) is 0 Å². The lowest BCUT2D eigenvalue weighted by Crippen LogP contribution is -2.19. The Kier molecular flexibility index (Phi) is 6.25. The van der Waals surface area contributed by atoms with Gasteiger partial charge < -0.3 is 4.74 Å². The highest BCUT2D eigenvalue weighted by atomic mass is 16.5. The fourth-order valence-corrected chi connectivity index (χ4v) is 2.21. The summed E-state index contributed by atoms with van der Waals surface area (Å²) >= 11 is 0. The second kappa shape index (κ2) is 7.28. The van der Waals surface area contributed by atoms with Crippen molar-refractivity contribution in [2.75, 3.05) is 0 Å². The zero-order valence-electron chi connectivity index (χ0n) is 9.63. The van der Waals surface area contributed by atoms with Crippen LogP contribution in [0.4, 0.5) is 0 Å². The molecule has 0 amide bonds. The first-order valence-corrected chi connectivity index (χ1v) is 6.27. The van der Waals surface area contributed by atoms with Crippen LogP contribution in [-0.4, -0.2) is 12.2 Å². The van der Waals surface area contributed by atoms with E-state index in [0.717, 1.165) is 6.42 Å². The summed E-state index contributed by atoms with van der Waals surface area (Å²) in [6.45, 7) is 6.07. The highest BCUT2D eigenvalue weighted by Crippen LogP contribution is 2.21. The number of rotatable bonds is 5. The molecule has 1 aliphatic carbocycles. The normalized spacial score (nSPS) is 21.9. The SMILES string of the molecule is [CH2]CCCC(C)OC1CCCCCC1. The number of unbranched alkanes of at least 4 members (excludes halogenated alkanes) is 1. The van der Waals surface area contributed by atoms with E-state index in [1.165, 1.54) is 51.4 Å². The average Bonchev–Trinajstić information content (AvgIpc) is 2.43. The molecule has 1 nitrogen and oxygen atoms in total. The molecular weight excluding hydrogens is 172 g/mol. The lowest BCUT2D eigenvalue weighted by molar-refractivity contribution is -0.0141. The Labute approximate surface area is 89.2 Å². The molecular formula is C13H25O. The number of ether oxygens (including phenoxy) is 1. The summed E-state index contributed by atoms with van der Waals surface area (Å²) in [5, 5.41) is 0. The molecule has 0 heterocycles. The van der Waals surface area contributed by atoms with Gasteiger partial charge >= 0.3 is 0 Å². The monoisotopic (exact) mass is 197 g/mol. The van der Waals surface area contributed by atoms with Gasteiger partial charge in [0, 0.05) is 0 Å². The first-order chi connectivity index (χ1) is 6.83. The minimum Gasteiger partial charge on any atom is -0.375 e. The lowest BCUT2D eigenvalue weighted by Gasteiger charge is -2.20. The molecule has 1 atom stereocenters. The van der Waals surface area contributed by atoms with Crippen LogP contribution < -0.4 is 0 Å². The highest BCUT2D eigenvalue weighted by Gasteiger charge is 2.15. The van der Waals surface area contributed by atoms with Crippen LogP contribution in [0.5, 0.6) is 0 Å². The number of hydrogen-bond acceptors (Lipinski definition) is 1. The van der Waals surface area contributed by atoms with E-state index in [2.05, 4.69) is 13.8 Å². The van der Waals surface area contributed by atoms with Crippen molar-refractivity contribution in [1.29, 1.82) is 0 Å². The van der Waals surface area contributed by atoms with Gasteiger partial charge in [0.15, 0.2) is 0 Å². The van der Waals surface area contributed by atoms with Crippen LogP contribution in [0.25, 0.3) is 0 Å². The first kappa shape index (κ1) is 12.0. The van der Waals surface area contributed by atoms with Crippen molar-refractivity contribution in [2.24, 2.45) is 0 Å². The Balaban J connectivity index is 2.13. The van der Waals surface area contributed by atoms with Crippen molar-refractivity contribution >= 4 is 0 Å². The standard InChI is InChI=1S/C13H25O/c1-3-4-9-12(2)14-13-10-7-5-6-8-11-13/h12-13H,1,3-11H2,2H3. The van der Waals surface area contributed by atoms with E-state index in [1.807, 2.05) is 0 Å². The van der Waals surface area contributed by atoms with E-state index >= 15 is 0 Å². The fraction of sp³-hybridized carbons (Fsp3) is 0.923. The quantitative estimate of drug-likeness (QED) is 0.602. The minimum atomic E-state index is 0.444. The second-order valence-corrected chi connectivity index (χ2v) is 4.56. The van der Waals surface area contributed by atoms with Gasteiger partial charge in [0.05, 0.1) is 12.2 Å².